The second-order valence-electron chi connectivity index (χ2n) is 4.84. The van der Waals surface area contributed by atoms with Crippen molar-refractivity contribution in [2.75, 3.05) is 0 Å². The molecule has 116 valence electrons. The zero-order valence-electron chi connectivity index (χ0n) is 11.9. The Morgan fingerprint density at radius 3 is 2.70 bits per heavy atom. The fourth-order valence-electron chi connectivity index (χ4n) is 2.01. The van der Waals surface area contributed by atoms with Gasteiger partial charge in [-0.15, -0.1) is 0 Å². The van der Waals surface area contributed by atoms with Gasteiger partial charge < -0.3 is 10.1 Å². The van der Waals surface area contributed by atoms with Gasteiger partial charge in [0.1, 0.15) is 16.7 Å². The van der Waals surface area contributed by atoms with Gasteiger partial charge in [0.15, 0.2) is 0 Å². The number of thioether (sulfide) groups is 1. The Labute approximate surface area is 152 Å². The third kappa shape index (κ3) is 4.43. The standard InChI is InChI=1S/C17H12BrNO2S2/c18-13-6-4-11(5-7-13)10-21-14-3-1-2-12(8-14)9-15-16(20)19-17(22)23-15/h1-9H,10H2,(H,19,20,22)/b15-9-. The van der Waals surface area contributed by atoms with E-state index in [1.807, 2.05) is 54.6 Å². The Balaban J connectivity index is 1.70. The predicted molar refractivity (Wildman–Crippen MR) is 101 cm³/mol. The van der Waals surface area contributed by atoms with Crippen LogP contribution in [0.1, 0.15) is 11.1 Å². The number of ether oxygens (including phenoxy) is 1. The van der Waals surface area contributed by atoms with Crippen molar-refractivity contribution in [3.8, 4) is 5.75 Å². The molecule has 2 aromatic carbocycles. The molecule has 3 rings (SSSR count). The third-order valence-electron chi connectivity index (χ3n) is 3.12. The summed E-state index contributed by atoms with van der Waals surface area (Å²) in [4.78, 5) is 12.3. The highest BCUT2D eigenvalue weighted by molar-refractivity contribution is 9.10. The lowest BCUT2D eigenvalue weighted by molar-refractivity contribution is -0.115. The van der Waals surface area contributed by atoms with Crippen LogP contribution in [0.15, 0.2) is 57.9 Å². The lowest BCUT2D eigenvalue weighted by Crippen LogP contribution is -2.17. The molecule has 0 aromatic heterocycles. The third-order valence-corrected chi connectivity index (χ3v) is 4.81. The summed E-state index contributed by atoms with van der Waals surface area (Å²) in [7, 11) is 0. The van der Waals surface area contributed by atoms with Crippen LogP contribution in [0.5, 0.6) is 5.75 Å². The second kappa shape index (κ2) is 7.29. The molecule has 0 atom stereocenters. The average molecular weight is 406 g/mol. The van der Waals surface area contributed by atoms with Crippen molar-refractivity contribution >= 4 is 56.2 Å². The van der Waals surface area contributed by atoms with Crippen LogP contribution >= 0.6 is 39.9 Å². The zero-order valence-corrected chi connectivity index (χ0v) is 15.1. The SMILES string of the molecule is O=C1NC(=S)S/C1=C\c1cccc(OCc2ccc(Br)cc2)c1. The first-order valence-corrected chi connectivity index (χ1v) is 8.84. The van der Waals surface area contributed by atoms with Crippen molar-refractivity contribution in [3.05, 3.63) is 69.0 Å². The summed E-state index contributed by atoms with van der Waals surface area (Å²) in [6.45, 7) is 0.493. The molecular formula is C17H12BrNO2S2. The van der Waals surface area contributed by atoms with E-state index in [1.54, 1.807) is 0 Å². The molecule has 23 heavy (non-hydrogen) atoms. The van der Waals surface area contributed by atoms with E-state index in [0.29, 0.717) is 15.8 Å². The van der Waals surface area contributed by atoms with Gasteiger partial charge in [0, 0.05) is 4.47 Å². The molecule has 0 spiro atoms. The van der Waals surface area contributed by atoms with Crippen LogP contribution in [0.3, 0.4) is 0 Å². The van der Waals surface area contributed by atoms with Gasteiger partial charge in [-0.2, -0.15) is 0 Å². The normalized spacial score (nSPS) is 15.8. The lowest BCUT2D eigenvalue weighted by Gasteiger charge is -2.07. The summed E-state index contributed by atoms with van der Waals surface area (Å²) in [5, 5.41) is 2.61. The maximum absolute atomic E-state index is 11.7. The molecule has 1 fully saturated rings. The minimum atomic E-state index is -0.152. The Kier molecular flexibility index (Phi) is 5.15. The van der Waals surface area contributed by atoms with E-state index in [4.69, 9.17) is 17.0 Å². The maximum atomic E-state index is 11.7. The molecule has 3 nitrogen and oxygen atoms in total. The number of carbonyl (C=O) groups excluding carboxylic acids is 1. The van der Waals surface area contributed by atoms with Crippen molar-refractivity contribution < 1.29 is 9.53 Å². The molecule has 0 radical (unpaired) electrons. The summed E-state index contributed by atoms with van der Waals surface area (Å²) in [5.74, 6) is 0.606. The lowest BCUT2D eigenvalue weighted by atomic mass is 10.2. The molecular weight excluding hydrogens is 394 g/mol. The number of rotatable bonds is 4. The molecule has 0 bridgehead atoms. The van der Waals surface area contributed by atoms with Crippen molar-refractivity contribution in [2.24, 2.45) is 0 Å². The van der Waals surface area contributed by atoms with Crippen molar-refractivity contribution in [2.45, 2.75) is 6.61 Å². The number of halogens is 1. The number of thiocarbonyl (C=S) groups is 1. The van der Waals surface area contributed by atoms with Gasteiger partial charge in [-0.25, -0.2) is 0 Å². The Bertz CT molecular complexity index is 787. The molecule has 2 aromatic rings. The number of hydrogen-bond acceptors (Lipinski definition) is 4. The van der Waals surface area contributed by atoms with E-state index in [1.165, 1.54) is 11.8 Å². The fourth-order valence-corrected chi connectivity index (χ4v) is 3.32. The number of amides is 1. The summed E-state index contributed by atoms with van der Waals surface area (Å²) >= 11 is 9.67. The number of hydrogen-bond donors (Lipinski definition) is 1. The monoisotopic (exact) mass is 405 g/mol. The van der Waals surface area contributed by atoms with Crippen LogP contribution in [0.2, 0.25) is 0 Å². The Morgan fingerprint density at radius 1 is 1.22 bits per heavy atom. The average Bonchev–Trinajstić information content (AvgIpc) is 2.85. The Morgan fingerprint density at radius 2 is 2.00 bits per heavy atom. The van der Waals surface area contributed by atoms with Crippen molar-refractivity contribution in [3.63, 3.8) is 0 Å². The molecule has 1 N–H and O–H groups in total. The highest BCUT2D eigenvalue weighted by Crippen LogP contribution is 2.27. The molecule has 0 unspecified atom stereocenters. The van der Waals surface area contributed by atoms with Crippen LogP contribution in [0, 0.1) is 0 Å². The molecule has 1 aliphatic heterocycles. The Hall–Kier alpha value is -1.63. The van der Waals surface area contributed by atoms with E-state index in [2.05, 4.69) is 21.2 Å². The number of nitrogens with one attached hydrogen (secondary N) is 1. The summed E-state index contributed by atoms with van der Waals surface area (Å²) in [6.07, 6.45) is 1.81. The van der Waals surface area contributed by atoms with Crippen molar-refractivity contribution in [1.82, 2.24) is 5.32 Å². The van der Waals surface area contributed by atoms with E-state index in [9.17, 15) is 4.79 Å². The molecule has 0 aliphatic carbocycles. The number of carbonyl (C=O) groups is 1. The van der Waals surface area contributed by atoms with Gasteiger partial charge in [0.25, 0.3) is 5.91 Å². The molecule has 6 heteroatoms. The van der Waals surface area contributed by atoms with Crippen LogP contribution < -0.4 is 10.1 Å². The van der Waals surface area contributed by atoms with E-state index in [-0.39, 0.29) is 5.91 Å². The molecule has 1 amide bonds. The van der Waals surface area contributed by atoms with Crippen LogP contribution in [-0.4, -0.2) is 10.2 Å². The number of benzene rings is 2. The zero-order chi connectivity index (χ0) is 16.2. The van der Waals surface area contributed by atoms with Gasteiger partial charge in [0.2, 0.25) is 0 Å². The highest BCUT2D eigenvalue weighted by atomic mass is 79.9. The minimum absolute atomic E-state index is 0.152. The summed E-state index contributed by atoms with van der Waals surface area (Å²) in [5.41, 5.74) is 1.99. The van der Waals surface area contributed by atoms with Gasteiger partial charge in [0.05, 0.1) is 4.91 Å². The quantitative estimate of drug-likeness (QED) is 0.599. The van der Waals surface area contributed by atoms with Gasteiger partial charge in [-0.3, -0.25) is 4.79 Å². The van der Waals surface area contributed by atoms with E-state index in [0.717, 1.165) is 21.3 Å². The first-order valence-electron chi connectivity index (χ1n) is 6.82. The second-order valence-corrected chi connectivity index (χ2v) is 7.47. The van der Waals surface area contributed by atoms with Gasteiger partial charge in [-0.05, 0) is 41.5 Å². The molecule has 1 saturated heterocycles. The summed E-state index contributed by atoms with van der Waals surface area (Å²) in [6, 6.07) is 15.6. The van der Waals surface area contributed by atoms with E-state index >= 15 is 0 Å². The van der Waals surface area contributed by atoms with Crippen LogP contribution in [-0.2, 0) is 11.4 Å². The summed E-state index contributed by atoms with van der Waals surface area (Å²) < 4.78 is 7.34. The maximum Gasteiger partial charge on any atom is 0.263 e. The first-order chi connectivity index (χ1) is 11.1. The van der Waals surface area contributed by atoms with Crippen molar-refractivity contribution in [1.29, 1.82) is 0 Å². The van der Waals surface area contributed by atoms with Gasteiger partial charge in [-0.1, -0.05) is 64.2 Å². The molecule has 0 saturated carbocycles. The highest BCUT2D eigenvalue weighted by Gasteiger charge is 2.21. The fraction of sp³-hybridized carbons (Fsp3) is 0.0588. The molecule has 1 heterocycles. The smallest absolute Gasteiger partial charge is 0.263 e. The first kappa shape index (κ1) is 16.2. The predicted octanol–water partition coefficient (Wildman–Crippen LogP) is 4.52. The van der Waals surface area contributed by atoms with Crippen LogP contribution in [0.25, 0.3) is 6.08 Å². The van der Waals surface area contributed by atoms with E-state index < -0.39 is 0 Å². The topological polar surface area (TPSA) is 38.3 Å². The van der Waals surface area contributed by atoms with Gasteiger partial charge >= 0.3 is 0 Å². The van der Waals surface area contributed by atoms with Crippen LogP contribution in [0.4, 0.5) is 0 Å². The molecule has 1 aliphatic rings. The largest absolute Gasteiger partial charge is 0.489 e. The minimum Gasteiger partial charge on any atom is -0.489 e.